The lowest BCUT2D eigenvalue weighted by Crippen LogP contribution is -2.25. The summed E-state index contributed by atoms with van der Waals surface area (Å²) < 4.78 is 1.08. The SMILES string of the molecule is C=C(Nc1cccc(C)c1Br)NC(C)C. The van der Waals surface area contributed by atoms with Gasteiger partial charge in [-0.05, 0) is 48.3 Å². The summed E-state index contributed by atoms with van der Waals surface area (Å²) in [6.45, 7) is 10.1. The summed E-state index contributed by atoms with van der Waals surface area (Å²) in [5, 5.41) is 6.44. The van der Waals surface area contributed by atoms with Gasteiger partial charge in [-0.2, -0.15) is 0 Å². The van der Waals surface area contributed by atoms with E-state index in [0.717, 1.165) is 16.0 Å². The number of aryl methyl sites for hydroxylation is 1. The third-order valence-electron chi connectivity index (χ3n) is 1.94. The maximum absolute atomic E-state index is 3.92. The van der Waals surface area contributed by atoms with Crippen molar-refractivity contribution in [3.63, 3.8) is 0 Å². The Labute approximate surface area is 99.9 Å². The molecule has 1 rings (SSSR count). The van der Waals surface area contributed by atoms with Crippen LogP contribution in [0.1, 0.15) is 19.4 Å². The van der Waals surface area contributed by atoms with Crippen molar-refractivity contribution in [2.45, 2.75) is 26.8 Å². The van der Waals surface area contributed by atoms with Crippen LogP contribution in [0.4, 0.5) is 5.69 Å². The highest BCUT2D eigenvalue weighted by Crippen LogP contribution is 2.26. The first kappa shape index (κ1) is 12.1. The van der Waals surface area contributed by atoms with Gasteiger partial charge in [-0.25, -0.2) is 0 Å². The minimum Gasteiger partial charge on any atom is -0.370 e. The molecule has 15 heavy (non-hydrogen) atoms. The molecule has 0 heterocycles. The molecule has 0 bridgehead atoms. The van der Waals surface area contributed by atoms with E-state index in [1.165, 1.54) is 5.56 Å². The van der Waals surface area contributed by atoms with E-state index in [0.29, 0.717) is 6.04 Å². The fourth-order valence-electron chi connectivity index (χ4n) is 1.29. The maximum atomic E-state index is 3.92. The Kier molecular flexibility index (Phi) is 4.21. The number of rotatable bonds is 4. The Hall–Kier alpha value is -0.960. The lowest BCUT2D eigenvalue weighted by molar-refractivity contribution is 0.674. The first-order valence-electron chi connectivity index (χ1n) is 4.98. The molecule has 0 saturated heterocycles. The molecular weight excluding hydrogens is 252 g/mol. The quantitative estimate of drug-likeness (QED) is 0.872. The number of nitrogens with one attached hydrogen (secondary N) is 2. The Morgan fingerprint density at radius 1 is 1.40 bits per heavy atom. The molecule has 1 aromatic carbocycles. The van der Waals surface area contributed by atoms with Crippen LogP contribution >= 0.6 is 15.9 Å². The molecule has 0 saturated carbocycles. The van der Waals surface area contributed by atoms with Gasteiger partial charge in [0.15, 0.2) is 0 Å². The van der Waals surface area contributed by atoms with Gasteiger partial charge in [-0.3, -0.25) is 0 Å². The standard InChI is InChI=1S/C12H17BrN2/c1-8(2)14-10(4)15-11-7-5-6-9(3)12(11)13/h5-8,14-15H,4H2,1-3H3. The summed E-state index contributed by atoms with van der Waals surface area (Å²) in [6, 6.07) is 6.48. The van der Waals surface area contributed by atoms with Crippen LogP contribution in [-0.2, 0) is 0 Å². The highest BCUT2D eigenvalue weighted by Gasteiger charge is 2.03. The second-order valence-electron chi connectivity index (χ2n) is 3.84. The molecule has 82 valence electrons. The van der Waals surface area contributed by atoms with Crippen LogP contribution < -0.4 is 10.6 Å². The first-order valence-corrected chi connectivity index (χ1v) is 5.77. The van der Waals surface area contributed by atoms with Crippen molar-refractivity contribution >= 4 is 21.6 Å². The molecule has 0 aliphatic carbocycles. The molecule has 2 N–H and O–H groups in total. The summed E-state index contributed by atoms with van der Waals surface area (Å²) in [6.07, 6.45) is 0. The zero-order valence-corrected chi connectivity index (χ0v) is 11.0. The first-order chi connectivity index (χ1) is 7.00. The second-order valence-corrected chi connectivity index (χ2v) is 4.63. The molecule has 0 unspecified atom stereocenters. The van der Waals surface area contributed by atoms with Crippen molar-refractivity contribution in [3.8, 4) is 0 Å². The minimum atomic E-state index is 0.383. The Morgan fingerprint density at radius 3 is 2.67 bits per heavy atom. The van der Waals surface area contributed by atoms with Crippen molar-refractivity contribution in [2.75, 3.05) is 5.32 Å². The number of hydrogen-bond acceptors (Lipinski definition) is 2. The molecule has 0 aromatic heterocycles. The molecule has 0 radical (unpaired) electrons. The summed E-state index contributed by atoms with van der Waals surface area (Å²) in [5.74, 6) is 0.816. The molecular formula is C12H17BrN2. The summed E-state index contributed by atoms with van der Waals surface area (Å²) in [7, 11) is 0. The van der Waals surface area contributed by atoms with Gasteiger partial charge in [0.05, 0.1) is 11.5 Å². The van der Waals surface area contributed by atoms with E-state index >= 15 is 0 Å². The van der Waals surface area contributed by atoms with Crippen molar-refractivity contribution in [3.05, 3.63) is 40.6 Å². The van der Waals surface area contributed by atoms with E-state index in [4.69, 9.17) is 0 Å². The zero-order valence-electron chi connectivity index (χ0n) is 9.39. The van der Waals surface area contributed by atoms with Crippen LogP contribution in [0, 0.1) is 6.92 Å². The van der Waals surface area contributed by atoms with E-state index in [2.05, 4.69) is 60.0 Å². The average Bonchev–Trinajstić information content (AvgIpc) is 2.11. The van der Waals surface area contributed by atoms with E-state index in [-0.39, 0.29) is 0 Å². The lowest BCUT2D eigenvalue weighted by atomic mass is 10.2. The number of halogens is 1. The van der Waals surface area contributed by atoms with Gasteiger partial charge in [0.2, 0.25) is 0 Å². The third-order valence-corrected chi connectivity index (χ3v) is 2.99. The smallest absolute Gasteiger partial charge is 0.0959 e. The van der Waals surface area contributed by atoms with Gasteiger partial charge in [0.1, 0.15) is 0 Å². The van der Waals surface area contributed by atoms with Crippen LogP contribution in [0.3, 0.4) is 0 Å². The monoisotopic (exact) mass is 268 g/mol. The zero-order chi connectivity index (χ0) is 11.4. The Bertz CT molecular complexity index is 359. The largest absolute Gasteiger partial charge is 0.370 e. The summed E-state index contributed by atoms with van der Waals surface area (Å²) in [5.41, 5.74) is 2.24. The van der Waals surface area contributed by atoms with Crippen LogP contribution in [0.15, 0.2) is 35.1 Å². The van der Waals surface area contributed by atoms with Crippen molar-refractivity contribution < 1.29 is 0 Å². The Balaban J connectivity index is 2.73. The van der Waals surface area contributed by atoms with Gasteiger partial charge in [-0.15, -0.1) is 0 Å². The molecule has 2 nitrogen and oxygen atoms in total. The minimum absolute atomic E-state index is 0.383. The van der Waals surface area contributed by atoms with Crippen LogP contribution in [-0.4, -0.2) is 6.04 Å². The third kappa shape index (κ3) is 3.59. The number of anilines is 1. The molecule has 0 spiro atoms. The molecule has 0 amide bonds. The fourth-order valence-corrected chi connectivity index (χ4v) is 1.65. The molecule has 0 fully saturated rings. The second kappa shape index (κ2) is 5.21. The van der Waals surface area contributed by atoms with E-state index in [1.54, 1.807) is 0 Å². The van der Waals surface area contributed by atoms with Crippen molar-refractivity contribution in [1.29, 1.82) is 0 Å². The van der Waals surface area contributed by atoms with E-state index in [9.17, 15) is 0 Å². The van der Waals surface area contributed by atoms with Gasteiger partial charge in [0.25, 0.3) is 0 Å². The van der Waals surface area contributed by atoms with Crippen molar-refractivity contribution in [2.24, 2.45) is 0 Å². The Morgan fingerprint density at radius 2 is 2.07 bits per heavy atom. The van der Waals surface area contributed by atoms with Crippen LogP contribution in [0.25, 0.3) is 0 Å². The van der Waals surface area contributed by atoms with E-state index in [1.807, 2.05) is 12.1 Å². The van der Waals surface area contributed by atoms with Gasteiger partial charge in [0, 0.05) is 10.5 Å². The molecule has 1 aromatic rings. The number of benzene rings is 1. The van der Waals surface area contributed by atoms with Gasteiger partial charge >= 0.3 is 0 Å². The predicted molar refractivity (Wildman–Crippen MR) is 69.9 cm³/mol. The molecule has 0 aliphatic heterocycles. The lowest BCUT2D eigenvalue weighted by Gasteiger charge is -2.16. The highest BCUT2D eigenvalue weighted by molar-refractivity contribution is 9.10. The molecule has 0 aliphatic rings. The predicted octanol–water partition coefficient (Wildman–Crippen LogP) is 3.64. The van der Waals surface area contributed by atoms with E-state index < -0.39 is 0 Å². The van der Waals surface area contributed by atoms with Gasteiger partial charge < -0.3 is 10.6 Å². The average molecular weight is 269 g/mol. The van der Waals surface area contributed by atoms with Crippen molar-refractivity contribution in [1.82, 2.24) is 5.32 Å². The molecule has 3 heteroatoms. The normalized spacial score (nSPS) is 10.2. The summed E-state index contributed by atoms with van der Waals surface area (Å²) in [4.78, 5) is 0. The maximum Gasteiger partial charge on any atom is 0.0959 e. The van der Waals surface area contributed by atoms with Crippen LogP contribution in [0.5, 0.6) is 0 Å². The molecule has 0 atom stereocenters. The topological polar surface area (TPSA) is 24.1 Å². The number of hydrogen-bond donors (Lipinski definition) is 2. The fraction of sp³-hybridized carbons (Fsp3) is 0.333. The summed E-state index contributed by atoms with van der Waals surface area (Å²) >= 11 is 3.54. The van der Waals surface area contributed by atoms with Gasteiger partial charge in [-0.1, -0.05) is 18.7 Å². The van der Waals surface area contributed by atoms with Crippen LogP contribution in [0.2, 0.25) is 0 Å². The highest BCUT2D eigenvalue weighted by atomic mass is 79.9.